The highest BCUT2D eigenvalue weighted by Gasteiger charge is 1.95. The van der Waals surface area contributed by atoms with Crippen LogP contribution in [0.3, 0.4) is 0 Å². The van der Waals surface area contributed by atoms with Gasteiger partial charge in [0, 0.05) is 0 Å². The van der Waals surface area contributed by atoms with Gasteiger partial charge in [-0.15, -0.1) is 0 Å². The molecule has 0 aromatic carbocycles. The van der Waals surface area contributed by atoms with Crippen molar-refractivity contribution in [2.24, 2.45) is 0 Å². The Morgan fingerprint density at radius 2 is 1.15 bits per heavy atom. The highest BCUT2D eigenvalue weighted by molar-refractivity contribution is 5.09. The first kappa shape index (κ1) is 18.9. The summed E-state index contributed by atoms with van der Waals surface area (Å²) in [6, 6.07) is 0. The summed E-state index contributed by atoms with van der Waals surface area (Å²) in [7, 11) is 0. The van der Waals surface area contributed by atoms with Gasteiger partial charge in [-0.1, -0.05) is 77.2 Å². The number of aliphatic hydroxyl groups excluding tert-OH is 2. The summed E-state index contributed by atoms with van der Waals surface area (Å²) in [5, 5.41) is 26.1. The zero-order valence-electron chi connectivity index (χ0n) is 13.0. The first-order valence-electron chi connectivity index (χ1n) is 8.16. The Labute approximate surface area is 124 Å². The van der Waals surface area contributed by atoms with E-state index in [2.05, 4.69) is 6.92 Å². The maximum atomic E-state index is 9.00. The smallest absolute Gasteiger partial charge is 0.318 e. The van der Waals surface area contributed by atoms with E-state index in [0.29, 0.717) is 0 Å². The first-order chi connectivity index (χ1) is 9.68. The molecule has 0 rings (SSSR count). The molecule has 0 unspecified atom stereocenters. The third-order valence-corrected chi connectivity index (χ3v) is 3.48. The molecule has 0 bridgehead atoms. The van der Waals surface area contributed by atoms with Crippen LogP contribution in [0.4, 0.5) is 0 Å². The monoisotopic (exact) mass is 284 g/mol. The maximum absolute atomic E-state index is 9.00. The van der Waals surface area contributed by atoms with Gasteiger partial charge in [0.1, 0.15) is 0 Å². The lowest BCUT2D eigenvalue weighted by molar-refractivity contribution is 0.163. The van der Waals surface area contributed by atoms with Crippen LogP contribution in [0, 0.1) is 0 Å². The Bertz CT molecular complexity index is 265. The predicted molar refractivity (Wildman–Crippen MR) is 85.1 cm³/mol. The fraction of sp³-hybridized carbons (Fsp3) is 0.765. The van der Waals surface area contributed by atoms with Crippen LogP contribution < -0.4 is 0 Å². The summed E-state index contributed by atoms with van der Waals surface area (Å²) in [6.07, 6.45) is 18.5. The third-order valence-electron chi connectivity index (χ3n) is 3.48. The predicted octanol–water partition coefficient (Wildman–Crippen LogP) is 6.09. The summed E-state index contributed by atoms with van der Waals surface area (Å²) in [4.78, 5) is 0. The fourth-order valence-electron chi connectivity index (χ4n) is 2.20. The molecule has 0 radical (unpaired) electrons. The van der Waals surface area contributed by atoms with Crippen molar-refractivity contribution in [3.63, 3.8) is 0 Å². The summed E-state index contributed by atoms with van der Waals surface area (Å²) < 4.78 is 0. The van der Waals surface area contributed by atoms with E-state index in [1.807, 2.05) is 0 Å². The van der Waals surface area contributed by atoms with Gasteiger partial charge in [-0.25, -0.2) is 0 Å². The topological polar surface area (TPSA) is 60.7 Å². The quantitative estimate of drug-likeness (QED) is 0.218. The number of hydrogen-bond acceptors (Lipinski definition) is 3. The van der Waals surface area contributed by atoms with Crippen LogP contribution in [0.15, 0.2) is 23.9 Å². The molecule has 3 heteroatoms. The van der Waals surface area contributed by atoms with Crippen molar-refractivity contribution in [1.82, 2.24) is 0 Å². The Balaban J connectivity index is 3.19. The second-order valence-corrected chi connectivity index (χ2v) is 5.44. The molecule has 3 N–H and O–H groups in total. The maximum Gasteiger partial charge on any atom is 0.318 e. The Hall–Kier alpha value is -1.12. The van der Waals surface area contributed by atoms with E-state index in [9.17, 15) is 0 Å². The van der Waals surface area contributed by atoms with E-state index < -0.39 is 11.7 Å². The lowest BCUT2D eigenvalue weighted by atomic mass is 10.1. The minimum absolute atomic E-state index is 0.465. The van der Waals surface area contributed by atoms with Crippen LogP contribution >= 0.6 is 0 Å². The Morgan fingerprint density at radius 1 is 0.700 bits per heavy atom. The van der Waals surface area contributed by atoms with Crippen LogP contribution in [0.1, 0.15) is 84.0 Å². The van der Waals surface area contributed by atoms with Crippen LogP contribution in [-0.4, -0.2) is 15.3 Å². The minimum atomic E-state index is -1.01. The van der Waals surface area contributed by atoms with Gasteiger partial charge in [0.2, 0.25) is 0 Å². The molecule has 0 saturated heterocycles. The second kappa shape index (κ2) is 14.3. The van der Waals surface area contributed by atoms with Crippen LogP contribution in [0.5, 0.6) is 0 Å². The van der Waals surface area contributed by atoms with E-state index in [1.54, 1.807) is 6.08 Å². The van der Waals surface area contributed by atoms with Crippen LogP contribution in [0.2, 0.25) is 0 Å². The lowest BCUT2D eigenvalue weighted by Crippen LogP contribution is -1.85. The van der Waals surface area contributed by atoms with Crippen molar-refractivity contribution >= 4 is 0 Å². The van der Waals surface area contributed by atoms with Gasteiger partial charge in [0.25, 0.3) is 0 Å². The largest absolute Gasteiger partial charge is 0.502 e. The van der Waals surface area contributed by atoms with Gasteiger partial charge < -0.3 is 15.3 Å². The SMILES string of the molecule is CCCCCCCCCCCCCC=CC(O)=C(O)O. The summed E-state index contributed by atoms with van der Waals surface area (Å²) >= 11 is 0. The number of aliphatic hydroxyl groups is 3. The lowest BCUT2D eigenvalue weighted by Gasteiger charge is -2.01. The molecule has 20 heavy (non-hydrogen) atoms. The van der Waals surface area contributed by atoms with E-state index in [0.717, 1.165) is 12.8 Å². The molecule has 0 aliphatic rings. The molecule has 0 fully saturated rings. The molecular weight excluding hydrogens is 252 g/mol. The van der Waals surface area contributed by atoms with Crippen LogP contribution in [0.25, 0.3) is 0 Å². The fourth-order valence-corrected chi connectivity index (χ4v) is 2.20. The summed E-state index contributed by atoms with van der Waals surface area (Å²) in [6.45, 7) is 2.25. The zero-order valence-corrected chi connectivity index (χ0v) is 13.0. The molecular formula is C17H32O3. The molecule has 0 spiro atoms. The van der Waals surface area contributed by atoms with E-state index in [-0.39, 0.29) is 0 Å². The third kappa shape index (κ3) is 13.3. The highest BCUT2D eigenvalue weighted by atomic mass is 16.5. The zero-order chi connectivity index (χ0) is 15.1. The van der Waals surface area contributed by atoms with Crippen molar-refractivity contribution < 1.29 is 15.3 Å². The van der Waals surface area contributed by atoms with E-state index in [1.165, 1.54) is 70.3 Å². The normalized spacial score (nSPS) is 11.1. The van der Waals surface area contributed by atoms with Gasteiger partial charge >= 0.3 is 5.95 Å². The van der Waals surface area contributed by atoms with Gasteiger partial charge in [-0.2, -0.15) is 0 Å². The highest BCUT2D eigenvalue weighted by Crippen LogP contribution is 2.12. The van der Waals surface area contributed by atoms with Crippen molar-refractivity contribution in [3.8, 4) is 0 Å². The van der Waals surface area contributed by atoms with Gasteiger partial charge in [0.15, 0.2) is 5.76 Å². The van der Waals surface area contributed by atoms with Crippen LogP contribution in [-0.2, 0) is 0 Å². The molecule has 0 heterocycles. The number of allylic oxidation sites excluding steroid dienone is 2. The molecule has 0 aliphatic heterocycles. The molecule has 0 atom stereocenters. The average Bonchev–Trinajstić information content (AvgIpc) is 2.43. The Kier molecular flexibility index (Phi) is 13.5. The summed E-state index contributed by atoms with van der Waals surface area (Å²) in [5.41, 5.74) is 0. The summed E-state index contributed by atoms with van der Waals surface area (Å²) in [5.74, 6) is -1.48. The molecule has 0 aromatic heterocycles. The van der Waals surface area contributed by atoms with Crippen molar-refractivity contribution in [2.75, 3.05) is 0 Å². The van der Waals surface area contributed by atoms with Crippen molar-refractivity contribution in [1.29, 1.82) is 0 Å². The van der Waals surface area contributed by atoms with Crippen molar-refractivity contribution in [2.45, 2.75) is 84.0 Å². The number of unbranched alkanes of at least 4 members (excludes halogenated alkanes) is 11. The molecule has 0 amide bonds. The molecule has 118 valence electrons. The first-order valence-corrected chi connectivity index (χ1v) is 8.16. The van der Waals surface area contributed by atoms with Gasteiger partial charge in [0.05, 0.1) is 0 Å². The Morgan fingerprint density at radius 3 is 1.60 bits per heavy atom. The molecule has 0 aromatic rings. The standard InChI is InChI=1S/C17H32O3/c1-2-3-4-5-6-7-8-9-10-11-12-13-14-15-16(18)17(19)20/h14-15,18-20H,2-13H2,1H3. The number of rotatable bonds is 13. The molecule has 0 saturated carbocycles. The second-order valence-electron chi connectivity index (χ2n) is 5.44. The van der Waals surface area contributed by atoms with E-state index in [4.69, 9.17) is 15.3 Å². The van der Waals surface area contributed by atoms with E-state index >= 15 is 0 Å². The molecule has 3 nitrogen and oxygen atoms in total. The van der Waals surface area contributed by atoms with Crippen molar-refractivity contribution in [3.05, 3.63) is 23.9 Å². The number of hydrogen-bond donors (Lipinski definition) is 3. The van der Waals surface area contributed by atoms with Gasteiger partial charge in [-0.05, 0) is 18.9 Å². The van der Waals surface area contributed by atoms with Gasteiger partial charge in [-0.3, -0.25) is 0 Å². The average molecular weight is 284 g/mol. The minimum Gasteiger partial charge on any atom is -0.502 e. The molecule has 0 aliphatic carbocycles.